The first kappa shape index (κ1) is 17.5. The highest BCUT2D eigenvalue weighted by Crippen LogP contribution is 2.27. The first-order valence-corrected chi connectivity index (χ1v) is 8.33. The van der Waals surface area contributed by atoms with Gasteiger partial charge in [0, 0.05) is 30.4 Å². The number of carboxylic acid groups (broad SMARTS) is 1. The largest absolute Gasteiger partial charge is 0.477 e. The van der Waals surface area contributed by atoms with E-state index in [0.29, 0.717) is 28.2 Å². The minimum atomic E-state index is -1.14. The summed E-state index contributed by atoms with van der Waals surface area (Å²) in [7, 11) is 0. The first-order valence-electron chi connectivity index (χ1n) is 8.33. The van der Waals surface area contributed by atoms with Crippen LogP contribution in [0.1, 0.15) is 16.1 Å². The lowest BCUT2D eigenvalue weighted by atomic mass is 10.2. The van der Waals surface area contributed by atoms with Gasteiger partial charge in [-0.2, -0.15) is 4.98 Å². The molecule has 0 saturated heterocycles. The van der Waals surface area contributed by atoms with Crippen molar-refractivity contribution in [2.45, 2.75) is 6.54 Å². The molecule has 8 heteroatoms. The molecule has 0 spiro atoms. The Kier molecular flexibility index (Phi) is 4.59. The minimum Gasteiger partial charge on any atom is -0.477 e. The van der Waals surface area contributed by atoms with Crippen molar-refractivity contribution in [3.05, 3.63) is 77.9 Å². The molecule has 7 nitrogen and oxygen atoms in total. The van der Waals surface area contributed by atoms with Crippen LogP contribution in [0.3, 0.4) is 0 Å². The first-order chi connectivity index (χ1) is 13.6. The number of hydrogen-bond donors (Lipinski definition) is 2. The molecular formula is C20H14FN3O4. The monoisotopic (exact) mass is 379 g/mol. The van der Waals surface area contributed by atoms with E-state index in [-0.39, 0.29) is 24.1 Å². The third-order valence-corrected chi connectivity index (χ3v) is 3.93. The number of aromatic nitrogens is 2. The molecule has 4 aromatic rings. The zero-order chi connectivity index (χ0) is 19.5. The number of halogens is 1. The summed E-state index contributed by atoms with van der Waals surface area (Å²) < 4.78 is 25.0. The molecule has 2 aromatic heterocycles. The van der Waals surface area contributed by atoms with Gasteiger partial charge in [-0.25, -0.2) is 14.2 Å². The van der Waals surface area contributed by atoms with E-state index in [1.54, 1.807) is 42.5 Å². The van der Waals surface area contributed by atoms with Gasteiger partial charge in [0.15, 0.2) is 11.3 Å². The number of oxazole rings is 1. The number of rotatable bonds is 6. The van der Waals surface area contributed by atoms with Gasteiger partial charge in [-0.05, 0) is 24.3 Å². The van der Waals surface area contributed by atoms with Gasteiger partial charge in [-0.3, -0.25) is 0 Å². The van der Waals surface area contributed by atoms with Crippen molar-refractivity contribution in [1.82, 2.24) is 9.97 Å². The highest BCUT2D eigenvalue weighted by atomic mass is 19.1. The number of benzene rings is 2. The molecule has 0 saturated carbocycles. The molecule has 0 unspecified atom stereocenters. The molecule has 28 heavy (non-hydrogen) atoms. The summed E-state index contributed by atoms with van der Waals surface area (Å²) in [5.41, 5.74) is 1.46. The number of nitrogens with zero attached hydrogens (tertiary/aromatic N) is 2. The van der Waals surface area contributed by atoms with Gasteiger partial charge in [0.25, 0.3) is 6.01 Å². The van der Waals surface area contributed by atoms with E-state index >= 15 is 0 Å². The van der Waals surface area contributed by atoms with E-state index in [1.807, 2.05) is 0 Å². The number of carbonyl (C=O) groups is 1. The van der Waals surface area contributed by atoms with Gasteiger partial charge in [0.1, 0.15) is 22.8 Å². The smallest absolute Gasteiger partial charge is 0.354 e. The van der Waals surface area contributed by atoms with Crippen molar-refractivity contribution in [2.75, 3.05) is 5.32 Å². The molecular weight excluding hydrogens is 365 g/mol. The lowest BCUT2D eigenvalue weighted by Gasteiger charge is -2.05. The summed E-state index contributed by atoms with van der Waals surface area (Å²) in [6.07, 6.45) is 1.36. The van der Waals surface area contributed by atoms with Crippen LogP contribution in [0.15, 0.2) is 65.2 Å². The number of ether oxygens (including phenoxy) is 1. The van der Waals surface area contributed by atoms with Crippen LogP contribution in [0.5, 0.6) is 11.5 Å². The Morgan fingerprint density at radius 2 is 1.96 bits per heavy atom. The van der Waals surface area contributed by atoms with Crippen LogP contribution in [0.2, 0.25) is 0 Å². The Morgan fingerprint density at radius 1 is 1.14 bits per heavy atom. The molecule has 0 atom stereocenters. The second kappa shape index (κ2) is 7.36. The highest BCUT2D eigenvalue weighted by Gasteiger charge is 2.10. The quantitative estimate of drug-likeness (QED) is 0.510. The molecule has 2 heterocycles. The van der Waals surface area contributed by atoms with E-state index in [2.05, 4.69) is 15.3 Å². The summed E-state index contributed by atoms with van der Waals surface area (Å²) in [6, 6.07) is 14.6. The number of pyridine rings is 1. The Bertz CT molecular complexity index is 1160. The Hall–Kier alpha value is -3.94. The van der Waals surface area contributed by atoms with Crippen molar-refractivity contribution in [3.63, 3.8) is 0 Å². The van der Waals surface area contributed by atoms with Crippen LogP contribution < -0.4 is 10.1 Å². The Labute approximate surface area is 158 Å². The number of hydrogen-bond acceptors (Lipinski definition) is 6. The van der Waals surface area contributed by atoms with E-state index in [9.17, 15) is 9.18 Å². The number of carboxylic acids is 1. The topological polar surface area (TPSA) is 97.5 Å². The number of anilines is 1. The zero-order valence-electron chi connectivity index (χ0n) is 14.4. The van der Waals surface area contributed by atoms with Crippen molar-refractivity contribution in [1.29, 1.82) is 0 Å². The van der Waals surface area contributed by atoms with Gasteiger partial charge in [-0.15, -0.1) is 0 Å². The molecule has 0 aliphatic rings. The second-order valence-electron chi connectivity index (χ2n) is 5.88. The molecule has 2 aromatic carbocycles. The molecule has 4 rings (SSSR count). The summed E-state index contributed by atoms with van der Waals surface area (Å²) >= 11 is 0. The predicted octanol–water partition coefficient (Wildman–Crippen LogP) is 4.46. The van der Waals surface area contributed by atoms with Gasteiger partial charge < -0.3 is 19.6 Å². The van der Waals surface area contributed by atoms with Gasteiger partial charge in [0.05, 0.1) is 0 Å². The highest BCUT2D eigenvalue weighted by molar-refractivity contribution is 5.85. The zero-order valence-corrected chi connectivity index (χ0v) is 14.4. The second-order valence-corrected chi connectivity index (χ2v) is 5.88. The van der Waals surface area contributed by atoms with Crippen LogP contribution in [0.4, 0.5) is 10.4 Å². The van der Waals surface area contributed by atoms with E-state index in [1.165, 1.54) is 18.3 Å². The summed E-state index contributed by atoms with van der Waals surface area (Å²) in [6.45, 7) is 0.234. The Balaban J connectivity index is 1.51. The molecule has 0 radical (unpaired) electrons. The standard InChI is InChI=1S/C20H14FN3O4/c21-15-4-2-1-3-12(15)11-23-20-24-16-6-5-13(10-18(16)28-20)27-14-7-8-22-17(9-14)19(25)26/h1-10H,11H2,(H,23,24)(H,25,26). The third-order valence-electron chi connectivity index (χ3n) is 3.93. The molecule has 0 amide bonds. The maximum atomic E-state index is 13.7. The predicted molar refractivity (Wildman–Crippen MR) is 99.0 cm³/mol. The van der Waals surface area contributed by atoms with Crippen molar-refractivity contribution < 1.29 is 23.4 Å². The van der Waals surface area contributed by atoms with Gasteiger partial charge in [0.2, 0.25) is 0 Å². The lowest BCUT2D eigenvalue weighted by molar-refractivity contribution is 0.0690. The molecule has 0 aliphatic heterocycles. The minimum absolute atomic E-state index is 0.113. The van der Waals surface area contributed by atoms with Crippen LogP contribution in [-0.2, 0) is 6.54 Å². The maximum absolute atomic E-state index is 13.7. The number of aromatic carboxylic acids is 1. The summed E-state index contributed by atoms with van der Waals surface area (Å²) in [5.74, 6) is -0.655. The maximum Gasteiger partial charge on any atom is 0.354 e. The van der Waals surface area contributed by atoms with Crippen LogP contribution in [0, 0.1) is 5.82 Å². The van der Waals surface area contributed by atoms with Crippen LogP contribution in [-0.4, -0.2) is 21.0 Å². The van der Waals surface area contributed by atoms with Crippen molar-refractivity contribution in [3.8, 4) is 11.5 Å². The molecule has 0 fully saturated rings. The summed E-state index contributed by atoms with van der Waals surface area (Å²) in [4.78, 5) is 19.0. The average Bonchev–Trinajstić information content (AvgIpc) is 3.10. The lowest BCUT2D eigenvalue weighted by Crippen LogP contribution is -2.01. The normalized spacial score (nSPS) is 10.8. The third kappa shape index (κ3) is 3.75. The van der Waals surface area contributed by atoms with Gasteiger partial charge in [-0.1, -0.05) is 18.2 Å². The molecule has 2 N–H and O–H groups in total. The van der Waals surface area contributed by atoms with E-state index in [0.717, 1.165) is 0 Å². The molecule has 0 bridgehead atoms. The van der Waals surface area contributed by atoms with Gasteiger partial charge >= 0.3 is 5.97 Å². The SMILES string of the molecule is O=C(O)c1cc(Oc2ccc3nc(NCc4ccccc4F)oc3c2)ccn1. The van der Waals surface area contributed by atoms with E-state index in [4.69, 9.17) is 14.3 Å². The fourth-order valence-corrected chi connectivity index (χ4v) is 2.58. The molecule has 140 valence electrons. The number of fused-ring (bicyclic) bond motifs is 1. The van der Waals surface area contributed by atoms with Crippen molar-refractivity contribution in [2.24, 2.45) is 0 Å². The molecule has 0 aliphatic carbocycles. The summed E-state index contributed by atoms with van der Waals surface area (Å²) in [5, 5.41) is 11.9. The van der Waals surface area contributed by atoms with Crippen molar-refractivity contribution >= 4 is 23.1 Å². The number of nitrogens with one attached hydrogen (secondary N) is 1. The van der Waals surface area contributed by atoms with E-state index < -0.39 is 5.97 Å². The van der Waals surface area contributed by atoms with Crippen LogP contribution >= 0.6 is 0 Å². The fraction of sp³-hybridized carbons (Fsp3) is 0.0500. The average molecular weight is 379 g/mol. The Morgan fingerprint density at radius 3 is 2.79 bits per heavy atom. The van der Waals surface area contributed by atoms with Crippen LogP contribution in [0.25, 0.3) is 11.1 Å². The fourth-order valence-electron chi connectivity index (χ4n) is 2.58.